The maximum Gasteiger partial charge on any atom is 0.407 e. The number of alkyl carbamates (subject to hydrolysis) is 1. The quantitative estimate of drug-likeness (QED) is 0.0412. The predicted octanol–water partition coefficient (Wildman–Crippen LogP) is 5.93. The number of alkyl halides is 3. The third-order valence-electron chi connectivity index (χ3n) is 14.0. The number of carbonyl (C=O) groups is 4. The lowest BCUT2D eigenvalue weighted by Crippen LogP contribution is -2.63. The van der Waals surface area contributed by atoms with E-state index in [-0.39, 0.29) is 17.7 Å². The number of piperazine rings is 1. The van der Waals surface area contributed by atoms with Crippen molar-refractivity contribution in [1.29, 1.82) is 0 Å². The number of rotatable bonds is 17. The van der Waals surface area contributed by atoms with Crippen LogP contribution in [0, 0.1) is 40.1 Å². The van der Waals surface area contributed by atoms with Gasteiger partial charge in [-0.3, -0.25) is 24.9 Å². The number of pyridine rings is 2. The number of carbonyl (C=O) groups excluding carboxylic acids is 3. The lowest BCUT2D eigenvalue weighted by Gasteiger charge is -2.47. The first kappa shape index (κ1) is 56.7. The van der Waals surface area contributed by atoms with Crippen LogP contribution in [0.15, 0.2) is 73.1 Å². The highest BCUT2D eigenvalue weighted by atomic mass is 19.4. The van der Waals surface area contributed by atoms with Crippen LogP contribution < -0.4 is 26.3 Å². The van der Waals surface area contributed by atoms with Gasteiger partial charge in [0.2, 0.25) is 5.91 Å². The molecule has 0 saturated carbocycles. The number of nitrogens with one attached hydrogen (secondary N) is 4. The first-order valence-electron chi connectivity index (χ1n) is 24.5. The fraction of sp³-hybridized carbons (Fsp3) is 0.472. The Hall–Kier alpha value is -7.00. The summed E-state index contributed by atoms with van der Waals surface area (Å²) < 4.78 is 99.2. The number of hydrogen-bond donors (Lipinski definition) is 6. The Bertz CT molecular complexity index is 2750. The predicted molar refractivity (Wildman–Crippen MR) is 265 cm³/mol. The van der Waals surface area contributed by atoms with Crippen LogP contribution >= 0.6 is 0 Å². The molecule has 0 radical (unpaired) electrons. The molecule has 2 aromatic heterocycles. The second kappa shape index (κ2) is 23.5. The van der Waals surface area contributed by atoms with Gasteiger partial charge in [0, 0.05) is 66.7 Å². The van der Waals surface area contributed by atoms with Crippen LogP contribution in [0.5, 0.6) is 0 Å². The van der Waals surface area contributed by atoms with Gasteiger partial charge >= 0.3 is 18.4 Å². The zero-order chi connectivity index (χ0) is 55.3. The Balaban J connectivity index is 1.15. The third-order valence-corrected chi connectivity index (χ3v) is 14.0. The molecule has 0 spiro atoms. The molecule has 17 nitrogen and oxygen atoms in total. The first-order chi connectivity index (χ1) is 35.8. The van der Waals surface area contributed by atoms with E-state index in [1.165, 1.54) is 26.8 Å². The molecular formula is C53H61F6N9O8. The molecule has 4 amide bonds. The lowest BCUT2D eigenvalue weighted by atomic mass is 9.82. The molecular weight excluding hydrogens is 1000 g/mol. The van der Waals surface area contributed by atoms with E-state index < -0.39 is 101 Å². The second-order valence-electron chi connectivity index (χ2n) is 20.8. The van der Waals surface area contributed by atoms with Crippen LogP contribution in [0.2, 0.25) is 0 Å². The van der Waals surface area contributed by atoms with Gasteiger partial charge in [-0.15, -0.1) is 0 Å². The molecule has 6 N–H and O–H groups in total. The van der Waals surface area contributed by atoms with Gasteiger partial charge in [-0.1, -0.05) is 44.7 Å². The van der Waals surface area contributed by atoms with Crippen molar-refractivity contribution in [3.05, 3.63) is 113 Å². The van der Waals surface area contributed by atoms with Crippen molar-refractivity contribution in [2.45, 2.75) is 109 Å². The van der Waals surface area contributed by atoms with Crippen molar-refractivity contribution in [3.63, 3.8) is 0 Å². The molecule has 3 aliphatic heterocycles. The fourth-order valence-electron chi connectivity index (χ4n) is 9.51. The molecule has 0 aliphatic carbocycles. The Kier molecular flexibility index (Phi) is 17.5. The Morgan fingerprint density at radius 3 is 1.97 bits per heavy atom. The van der Waals surface area contributed by atoms with Gasteiger partial charge in [-0.25, -0.2) is 32.8 Å². The SMILES string of the molecule is COC(=O)NC(C(=O)NC(Cc1ccc(C#Cc2ccc(N3CC4CCC(C3)N4C3COC3)nc2)cc1)C(O)CN(Cc1c(F)cc(-c2ccc(F)cn2)cc1F)NC(=O)C(NC(=O)O)C(C)(C)C)C(C)(C)C(F)(F)F. The van der Waals surface area contributed by atoms with E-state index in [1.807, 2.05) is 17.4 Å². The summed E-state index contributed by atoms with van der Waals surface area (Å²) >= 11 is 0. The summed E-state index contributed by atoms with van der Waals surface area (Å²) in [5.41, 5.74) is -0.759. The van der Waals surface area contributed by atoms with Gasteiger partial charge in [-0.05, 0) is 92.6 Å². The number of aliphatic hydroxyl groups excluding tert-OH is 1. The number of benzene rings is 2. The summed E-state index contributed by atoms with van der Waals surface area (Å²) in [4.78, 5) is 65.7. The maximum absolute atomic E-state index is 16.0. The smallest absolute Gasteiger partial charge is 0.407 e. The fourth-order valence-corrected chi connectivity index (χ4v) is 9.51. The van der Waals surface area contributed by atoms with E-state index in [0.717, 1.165) is 81.5 Å². The third kappa shape index (κ3) is 13.7. The summed E-state index contributed by atoms with van der Waals surface area (Å²) in [6.45, 7) is 7.60. The molecule has 3 aliphatic rings. The van der Waals surface area contributed by atoms with Crippen molar-refractivity contribution < 1.29 is 65.2 Å². The number of ether oxygens (including phenoxy) is 2. The van der Waals surface area contributed by atoms with Crippen molar-refractivity contribution in [2.24, 2.45) is 10.8 Å². The van der Waals surface area contributed by atoms with Crippen molar-refractivity contribution in [1.82, 2.24) is 41.3 Å². The number of anilines is 1. The summed E-state index contributed by atoms with van der Waals surface area (Å²) in [7, 11) is 0.884. The van der Waals surface area contributed by atoms with Crippen molar-refractivity contribution >= 4 is 29.8 Å². The van der Waals surface area contributed by atoms with Crippen LogP contribution in [0.3, 0.4) is 0 Å². The number of methoxy groups -OCH3 is 1. The minimum absolute atomic E-state index is 0.0143. The molecule has 3 saturated heterocycles. The molecule has 76 heavy (non-hydrogen) atoms. The number of carboxylic acid groups (broad SMARTS) is 1. The van der Waals surface area contributed by atoms with Gasteiger partial charge in [-0.2, -0.15) is 13.2 Å². The molecule has 2 bridgehead atoms. The highest BCUT2D eigenvalue weighted by molar-refractivity contribution is 5.87. The van der Waals surface area contributed by atoms with Crippen molar-refractivity contribution in [3.8, 4) is 23.1 Å². The zero-order valence-electron chi connectivity index (χ0n) is 42.7. The normalized spacial score (nSPS) is 18.6. The van der Waals surface area contributed by atoms with E-state index in [2.05, 4.69) is 47.4 Å². The molecule has 3 fully saturated rings. The van der Waals surface area contributed by atoms with Crippen LogP contribution in [0.25, 0.3) is 11.3 Å². The summed E-state index contributed by atoms with van der Waals surface area (Å²) in [5, 5.41) is 29.0. The van der Waals surface area contributed by atoms with E-state index in [0.29, 0.717) is 48.7 Å². The maximum atomic E-state index is 16.0. The average Bonchev–Trinajstić information content (AvgIpc) is 3.57. The lowest BCUT2D eigenvalue weighted by molar-refractivity contribution is -0.220. The number of hydrogen-bond acceptors (Lipinski definition) is 12. The molecule has 7 rings (SSSR count). The molecule has 5 heterocycles. The van der Waals surface area contributed by atoms with E-state index in [1.54, 1.807) is 30.5 Å². The monoisotopic (exact) mass is 1070 g/mol. The van der Waals surface area contributed by atoms with E-state index >= 15 is 8.78 Å². The molecule has 23 heteroatoms. The van der Waals surface area contributed by atoms with Gasteiger partial charge < -0.3 is 40.5 Å². The van der Waals surface area contributed by atoms with Gasteiger partial charge in [0.25, 0.3) is 5.91 Å². The Labute approximate surface area is 435 Å². The topological polar surface area (TPSA) is 211 Å². The van der Waals surface area contributed by atoms with Gasteiger partial charge in [0.15, 0.2) is 0 Å². The molecule has 2 aromatic carbocycles. The average molecular weight is 1070 g/mol. The standard InChI is InChI=1S/C53H61F6N9O8/c1-51(2,3)45(63-49(72)73)48(71)65-67(26-38-39(55)20-33(21-40(38)56)41-17-14-34(54)23-60-41)27-43(69)42(62-47(70)46(64-50(74)75-6)52(4,5)53(57,58)59)19-31-10-7-30(8-11-31)9-12-32-13-18-44(61-22-32)66-24-35-15-16-36(25-66)68(35)37-28-76-29-37/h7-8,10-11,13-14,17-18,20-23,35-37,42-43,45-46,63,69H,15-16,19,24-29H2,1-6H3,(H,62,70)(H,64,74)(H,65,71)(H,72,73). The number of amides is 4. The molecule has 6 atom stereocenters. The van der Waals surface area contributed by atoms with Crippen molar-refractivity contribution in [2.75, 3.05) is 44.9 Å². The number of halogens is 6. The number of nitrogens with zero attached hydrogens (tertiary/aromatic N) is 5. The number of aliphatic hydroxyl groups is 1. The summed E-state index contributed by atoms with van der Waals surface area (Å²) in [6.07, 6.45) is -5.44. The molecule has 6 unspecified atom stereocenters. The van der Waals surface area contributed by atoms with E-state index in [9.17, 15) is 47.0 Å². The summed E-state index contributed by atoms with van der Waals surface area (Å²) in [5.74, 6) is 1.54. The second-order valence-corrected chi connectivity index (χ2v) is 20.8. The highest BCUT2D eigenvalue weighted by Crippen LogP contribution is 2.41. The first-order valence-corrected chi connectivity index (χ1v) is 24.5. The van der Waals surface area contributed by atoms with Crippen LogP contribution in [0.4, 0.5) is 41.7 Å². The molecule has 408 valence electrons. The van der Waals surface area contributed by atoms with Gasteiger partial charge in [0.05, 0.1) is 55.8 Å². The van der Waals surface area contributed by atoms with Crippen LogP contribution in [-0.2, 0) is 32.0 Å². The molecule has 4 aromatic rings. The minimum atomic E-state index is -5.08. The van der Waals surface area contributed by atoms with Crippen LogP contribution in [-0.4, -0.2) is 143 Å². The van der Waals surface area contributed by atoms with Crippen LogP contribution in [0.1, 0.15) is 69.7 Å². The summed E-state index contributed by atoms with van der Waals surface area (Å²) in [6, 6.07) is 10.3. The minimum Gasteiger partial charge on any atom is -0.465 e. The number of aromatic nitrogens is 2. The highest BCUT2D eigenvalue weighted by Gasteiger charge is 2.56. The number of fused-ring (bicyclic) bond motifs is 2. The number of hydrazine groups is 1. The van der Waals surface area contributed by atoms with Gasteiger partial charge in [0.1, 0.15) is 35.4 Å². The Morgan fingerprint density at radius 2 is 1.45 bits per heavy atom. The largest absolute Gasteiger partial charge is 0.465 e. The Morgan fingerprint density at radius 1 is 0.816 bits per heavy atom. The zero-order valence-corrected chi connectivity index (χ0v) is 42.7. The van der Waals surface area contributed by atoms with E-state index in [4.69, 9.17) is 9.72 Å².